The number of fused-ring (bicyclic) bond motifs is 4. The van der Waals surface area contributed by atoms with Crippen molar-refractivity contribution in [1.29, 1.82) is 0 Å². The maximum absolute atomic E-state index is 14.2. The number of carbonyl (C=O) groups excluding carboxylic acids is 4. The molecule has 0 radical (unpaired) electrons. The van der Waals surface area contributed by atoms with E-state index in [1.807, 2.05) is 19.3 Å². The summed E-state index contributed by atoms with van der Waals surface area (Å²) in [7, 11) is 9.34. The Balaban J connectivity index is 2.06. The largest absolute Gasteiger partial charge is 0.495 e. The van der Waals surface area contributed by atoms with Gasteiger partial charge in [-0.25, -0.2) is 9.59 Å². The van der Waals surface area contributed by atoms with Crippen LogP contribution in [0.4, 0.5) is 10.5 Å². The number of alkyl carbamates (subject to hydrolysis) is 1. The molecule has 308 valence electrons. The van der Waals surface area contributed by atoms with Crippen molar-refractivity contribution in [3.05, 3.63) is 46.5 Å². The molecule has 2 heterocycles. The fraction of sp³-hybridized carbons (Fsp3) is 0.641. The lowest BCUT2D eigenvalue weighted by Gasteiger charge is -2.44. The number of amides is 3. The number of nitrogens with one attached hydrogen (secondary N) is 1. The van der Waals surface area contributed by atoms with Crippen LogP contribution in [0.15, 0.2) is 35.9 Å². The number of benzene rings is 1. The lowest BCUT2D eigenvalue weighted by atomic mass is 9.93. The van der Waals surface area contributed by atoms with Crippen LogP contribution in [0.25, 0.3) is 0 Å². The first-order valence-electron chi connectivity index (χ1n) is 18.1. The Bertz CT molecular complexity index is 1620. The molecule has 1 saturated heterocycles. The Hall–Kier alpha value is -2.95. The summed E-state index contributed by atoms with van der Waals surface area (Å²) >= 11 is 6.77. The number of carbonyl (C=O) groups is 4. The van der Waals surface area contributed by atoms with Crippen LogP contribution < -0.4 is 15.0 Å². The molecule has 2 aliphatic rings. The van der Waals surface area contributed by atoms with Crippen molar-refractivity contribution in [1.82, 2.24) is 10.2 Å². The molecule has 0 aliphatic carbocycles. The molecule has 0 aromatic heterocycles. The van der Waals surface area contributed by atoms with Gasteiger partial charge in [0.05, 0.1) is 25.3 Å². The monoisotopic (exact) mass is 827 g/mol. The fourth-order valence-electron chi connectivity index (χ4n) is 6.41. The Morgan fingerprint density at radius 3 is 2.53 bits per heavy atom. The van der Waals surface area contributed by atoms with Gasteiger partial charge in [-0.1, -0.05) is 57.0 Å². The molecule has 4 bridgehead atoms. The van der Waals surface area contributed by atoms with Crippen molar-refractivity contribution in [3.63, 3.8) is 0 Å². The zero-order valence-corrected chi connectivity index (χ0v) is 36.4. The highest BCUT2D eigenvalue weighted by atomic mass is 35.5. The molecular formula is C39H58ClN3O10S2. The molecule has 16 heteroatoms. The second-order valence-electron chi connectivity index (χ2n) is 15.3. The summed E-state index contributed by atoms with van der Waals surface area (Å²) in [5.41, 5.74) is -1.14. The zero-order chi connectivity index (χ0) is 41.5. The summed E-state index contributed by atoms with van der Waals surface area (Å²) in [6, 6.07) is 2.59. The standard InChI is InChI=1S/C39H58ClN3O10S2/c1-23-14-13-15-30(50-11)39(48)22-29(51-36(47)41-39)25(3)53-38(6,7)31(21-33(45)43(9)27-19-26(18-23)20-28(49-10)34(27)40)52-35(46)24(2)42(8)32(44)16-17-37(4,5)55-54-12/h13-15,19-20,24-25,29-31,48H,16-18,21-22H2,1-12H3,(H,41,47)/b15-13+,23-14+/t24-,25?,29+,30-,31+,39+/m1/s1. The second kappa shape index (κ2) is 19.5. The van der Waals surface area contributed by atoms with Gasteiger partial charge in [-0.15, -0.1) is 0 Å². The number of rotatable bonds is 10. The minimum atomic E-state index is -1.86. The van der Waals surface area contributed by atoms with Gasteiger partial charge in [-0.2, -0.15) is 0 Å². The van der Waals surface area contributed by atoms with Crippen molar-refractivity contribution in [2.75, 3.05) is 39.5 Å². The van der Waals surface area contributed by atoms with Crippen LogP contribution in [0.1, 0.15) is 79.7 Å². The zero-order valence-electron chi connectivity index (χ0n) is 34.0. The highest BCUT2D eigenvalue weighted by Crippen LogP contribution is 2.39. The van der Waals surface area contributed by atoms with Gasteiger partial charge in [0.2, 0.25) is 11.8 Å². The number of likely N-dealkylation sites (N-methyl/N-ethyl adjacent to an activating group) is 1. The molecule has 1 fully saturated rings. The number of allylic oxidation sites excluding steroid dienone is 3. The highest BCUT2D eigenvalue weighted by molar-refractivity contribution is 8.76. The number of ether oxygens (including phenoxy) is 5. The molecule has 6 atom stereocenters. The predicted molar refractivity (Wildman–Crippen MR) is 218 cm³/mol. The lowest BCUT2D eigenvalue weighted by molar-refractivity contribution is -0.203. The van der Waals surface area contributed by atoms with Gasteiger partial charge < -0.3 is 38.6 Å². The fourth-order valence-corrected chi connectivity index (χ4v) is 8.97. The van der Waals surface area contributed by atoms with E-state index in [1.165, 1.54) is 24.0 Å². The summed E-state index contributed by atoms with van der Waals surface area (Å²) < 4.78 is 29.2. The quantitative estimate of drug-likeness (QED) is 0.196. The molecule has 2 aliphatic heterocycles. The molecular weight excluding hydrogens is 770 g/mol. The number of anilines is 1. The van der Waals surface area contributed by atoms with E-state index in [2.05, 4.69) is 19.2 Å². The molecule has 0 spiro atoms. The van der Waals surface area contributed by atoms with E-state index in [-0.39, 0.29) is 34.9 Å². The summed E-state index contributed by atoms with van der Waals surface area (Å²) in [5, 5.41) is 14.4. The summed E-state index contributed by atoms with van der Waals surface area (Å²) in [6.07, 6.45) is 3.15. The molecule has 1 unspecified atom stereocenters. The van der Waals surface area contributed by atoms with Gasteiger partial charge in [-0.3, -0.25) is 14.9 Å². The first-order chi connectivity index (χ1) is 25.6. The van der Waals surface area contributed by atoms with E-state index in [0.717, 1.165) is 11.1 Å². The Kier molecular flexibility index (Phi) is 16.4. The number of nitrogens with zero attached hydrogens (tertiary/aromatic N) is 2. The van der Waals surface area contributed by atoms with Crippen molar-refractivity contribution >= 4 is 62.8 Å². The third kappa shape index (κ3) is 12.3. The van der Waals surface area contributed by atoms with Crippen LogP contribution in [0.3, 0.4) is 0 Å². The van der Waals surface area contributed by atoms with Gasteiger partial charge in [-0.05, 0) is 85.3 Å². The Morgan fingerprint density at radius 2 is 1.91 bits per heavy atom. The smallest absolute Gasteiger partial charge is 0.409 e. The summed E-state index contributed by atoms with van der Waals surface area (Å²) in [6.45, 7) is 12.6. The number of aliphatic hydroxyl groups is 1. The molecule has 3 rings (SSSR count). The normalized spacial score (nSPS) is 27.2. The van der Waals surface area contributed by atoms with Gasteiger partial charge >= 0.3 is 12.1 Å². The summed E-state index contributed by atoms with van der Waals surface area (Å²) in [4.78, 5) is 56.8. The van der Waals surface area contributed by atoms with Gasteiger partial charge in [0, 0.05) is 38.8 Å². The van der Waals surface area contributed by atoms with Crippen LogP contribution in [0, 0.1) is 0 Å². The SMILES string of the molecule is COc1cc2cc(c1Cl)N(C)C(=O)C[C@H](OC(=O)[C@@H](C)N(C)C(=O)CCC(C)(C)SSC)C(C)(C)OC(C)[C@@H]1C[C@@](O)(NC(=O)O1)[C@H](OC)/C=C/C=C(\C)C2. The first kappa shape index (κ1) is 46.4. The van der Waals surface area contributed by atoms with Crippen LogP contribution in [-0.4, -0.2) is 115 Å². The van der Waals surface area contributed by atoms with E-state index in [0.29, 0.717) is 24.3 Å². The van der Waals surface area contributed by atoms with Gasteiger partial charge in [0.15, 0.2) is 5.72 Å². The van der Waals surface area contributed by atoms with Crippen molar-refractivity contribution in [2.24, 2.45) is 0 Å². The van der Waals surface area contributed by atoms with Crippen LogP contribution in [0.5, 0.6) is 5.75 Å². The number of esters is 1. The second-order valence-corrected chi connectivity index (χ2v) is 18.7. The molecule has 1 aromatic carbocycles. The molecule has 13 nitrogen and oxygen atoms in total. The number of hydrogen-bond donors (Lipinski definition) is 2. The number of hydrogen-bond acceptors (Lipinski definition) is 12. The van der Waals surface area contributed by atoms with Crippen LogP contribution in [0.2, 0.25) is 5.02 Å². The minimum absolute atomic E-state index is 0.117. The topological polar surface area (TPSA) is 153 Å². The number of halogens is 1. The van der Waals surface area contributed by atoms with E-state index in [9.17, 15) is 24.3 Å². The highest BCUT2D eigenvalue weighted by Gasteiger charge is 2.48. The first-order valence-corrected chi connectivity index (χ1v) is 21.1. The van der Waals surface area contributed by atoms with Crippen molar-refractivity contribution in [3.8, 4) is 5.75 Å². The molecule has 2 N–H and O–H groups in total. The average Bonchev–Trinajstić information content (AvgIpc) is 3.10. The minimum Gasteiger partial charge on any atom is -0.495 e. The third-order valence-corrected chi connectivity index (χ3v) is 13.0. The van der Waals surface area contributed by atoms with E-state index in [4.69, 9.17) is 35.3 Å². The van der Waals surface area contributed by atoms with E-state index in [1.54, 1.807) is 87.7 Å². The van der Waals surface area contributed by atoms with Crippen LogP contribution in [-0.2, 0) is 39.8 Å². The molecule has 3 amide bonds. The molecule has 1 aromatic rings. The van der Waals surface area contributed by atoms with E-state index >= 15 is 0 Å². The Morgan fingerprint density at radius 1 is 1.24 bits per heavy atom. The van der Waals surface area contributed by atoms with E-state index < -0.39 is 59.8 Å². The molecule has 55 heavy (non-hydrogen) atoms. The maximum atomic E-state index is 14.2. The predicted octanol–water partition coefficient (Wildman–Crippen LogP) is 6.47. The Labute approximate surface area is 338 Å². The van der Waals surface area contributed by atoms with Crippen LogP contribution >= 0.6 is 33.2 Å². The maximum Gasteiger partial charge on any atom is 0.409 e. The molecule has 0 saturated carbocycles. The summed E-state index contributed by atoms with van der Waals surface area (Å²) in [5.74, 6) is -1.05. The lowest BCUT2D eigenvalue weighted by Crippen LogP contribution is -2.64. The average molecular weight is 828 g/mol. The van der Waals surface area contributed by atoms with Gasteiger partial charge in [0.1, 0.15) is 40.7 Å². The van der Waals surface area contributed by atoms with Gasteiger partial charge in [0.25, 0.3) is 0 Å². The van der Waals surface area contributed by atoms with Crippen molar-refractivity contribution < 1.29 is 48.0 Å². The number of methoxy groups -OCH3 is 2. The van der Waals surface area contributed by atoms with Crippen molar-refractivity contribution in [2.45, 2.75) is 127 Å². The third-order valence-electron chi connectivity index (χ3n) is 9.97.